The van der Waals surface area contributed by atoms with E-state index in [-0.39, 0.29) is 11.1 Å². The van der Waals surface area contributed by atoms with Crippen LogP contribution in [0.5, 0.6) is 0 Å². The third kappa shape index (κ3) is 2.73. The molecule has 8 heteroatoms. The first kappa shape index (κ1) is 15.0. The van der Waals surface area contributed by atoms with Gasteiger partial charge in [-0.2, -0.15) is 4.31 Å². The van der Waals surface area contributed by atoms with Gasteiger partial charge in [-0.25, -0.2) is 13.4 Å². The Hall–Kier alpha value is -0.960. The van der Waals surface area contributed by atoms with Crippen molar-refractivity contribution in [2.75, 3.05) is 19.8 Å². The Bertz CT molecular complexity index is 587. The molecule has 2 aliphatic heterocycles. The third-order valence-corrected chi connectivity index (χ3v) is 5.92. The van der Waals surface area contributed by atoms with E-state index in [1.807, 2.05) is 0 Å². The molecule has 1 unspecified atom stereocenters. The molecule has 2 aliphatic rings. The Morgan fingerprint density at radius 2 is 2.00 bits per heavy atom. The molecule has 0 aromatic carbocycles. The van der Waals surface area contributed by atoms with E-state index < -0.39 is 16.3 Å². The zero-order valence-electron chi connectivity index (χ0n) is 12.4. The summed E-state index contributed by atoms with van der Waals surface area (Å²) in [5.41, 5.74) is 0. The van der Waals surface area contributed by atoms with Gasteiger partial charge in [0.2, 0.25) is 0 Å². The van der Waals surface area contributed by atoms with Crippen molar-refractivity contribution in [3.8, 4) is 0 Å². The zero-order chi connectivity index (χ0) is 15.0. The van der Waals surface area contributed by atoms with Crippen LogP contribution in [0.15, 0.2) is 11.2 Å². The van der Waals surface area contributed by atoms with Crippen molar-refractivity contribution < 1.29 is 17.9 Å². The van der Waals surface area contributed by atoms with E-state index >= 15 is 0 Å². The average Bonchev–Trinajstić information content (AvgIpc) is 3.10. The highest BCUT2D eigenvalue weighted by Gasteiger charge is 2.41. The van der Waals surface area contributed by atoms with Crippen LogP contribution in [-0.4, -0.2) is 54.4 Å². The summed E-state index contributed by atoms with van der Waals surface area (Å²) in [6, 6.07) is -0.256. The van der Waals surface area contributed by atoms with E-state index in [0.29, 0.717) is 25.6 Å². The molecular formula is C13H21N3O4S. The first-order chi connectivity index (χ1) is 10.00. The Morgan fingerprint density at radius 1 is 1.29 bits per heavy atom. The molecule has 1 aromatic heterocycles. The summed E-state index contributed by atoms with van der Waals surface area (Å²) in [6.07, 6.45) is 3.71. The molecule has 2 fully saturated rings. The van der Waals surface area contributed by atoms with Gasteiger partial charge in [-0.1, -0.05) is 6.42 Å². The summed E-state index contributed by atoms with van der Waals surface area (Å²) in [4.78, 5) is 4.17. The van der Waals surface area contributed by atoms with Gasteiger partial charge < -0.3 is 14.0 Å². The molecular weight excluding hydrogens is 294 g/mol. The predicted molar refractivity (Wildman–Crippen MR) is 75.2 cm³/mol. The molecule has 0 bridgehead atoms. The van der Waals surface area contributed by atoms with Gasteiger partial charge in [0.1, 0.15) is 5.82 Å². The smallest absolute Gasteiger partial charge is 0.262 e. The van der Waals surface area contributed by atoms with Crippen LogP contribution >= 0.6 is 0 Å². The van der Waals surface area contributed by atoms with Gasteiger partial charge in [-0.3, -0.25) is 0 Å². The van der Waals surface area contributed by atoms with E-state index in [4.69, 9.17) is 9.47 Å². The van der Waals surface area contributed by atoms with Crippen molar-refractivity contribution in [2.24, 2.45) is 7.05 Å². The van der Waals surface area contributed by atoms with E-state index in [0.717, 1.165) is 19.3 Å². The van der Waals surface area contributed by atoms with E-state index in [1.165, 1.54) is 4.31 Å². The van der Waals surface area contributed by atoms with Crippen LogP contribution in [0.2, 0.25) is 0 Å². The Kier molecular flexibility index (Phi) is 4.04. The van der Waals surface area contributed by atoms with E-state index in [9.17, 15) is 8.42 Å². The molecule has 1 aromatic rings. The van der Waals surface area contributed by atoms with Gasteiger partial charge in [0.15, 0.2) is 11.3 Å². The SMILES string of the molecule is Cc1nc(S(=O)(=O)N2CCCCC2C2OCCO2)cn1C. The number of imidazole rings is 1. The maximum Gasteiger partial charge on any atom is 0.262 e. The van der Waals surface area contributed by atoms with Crippen molar-refractivity contribution in [2.45, 2.75) is 43.5 Å². The number of nitrogens with zero attached hydrogens (tertiary/aromatic N) is 3. The molecule has 0 radical (unpaired) electrons. The van der Waals surface area contributed by atoms with Crippen LogP contribution in [0, 0.1) is 6.92 Å². The summed E-state index contributed by atoms with van der Waals surface area (Å²) in [5, 5.41) is 0.104. The highest BCUT2D eigenvalue weighted by atomic mass is 32.2. The lowest BCUT2D eigenvalue weighted by atomic mass is 10.0. The zero-order valence-corrected chi connectivity index (χ0v) is 13.2. The summed E-state index contributed by atoms with van der Waals surface area (Å²) in [7, 11) is -1.82. The van der Waals surface area contributed by atoms with Crippen molar-refractivity contribution in [1.82, 2.24) is 13.9 Å². The summed E-state index contributed by atoms with van der Waals surface area (Å²) >= 11 is 0. The van der Waals surface area contributed by atoms with Gasteiger partial charge in [0.25, 0.3) is 10.0 Å². The van der Waals surface area contributed by atoms with E-state index in [2.05, 4.69) is 4.98 Å². The number of hydrogen-bond donors (Lipinski definition) is 0. The largest absolute Gasteiger partial charge is 0.349 e. The minimum atomic E-state index is -3.61. The first-order valence-electron chi connectivity index (χ1n) is 7.25. The van der Waals surface area contributed by atoms with Gasteiger partial charge >= 0.3 is 0 Å². The molecule has 21 heavy (non-hydrogen) atoms. The number of ether oxygens (including phenoxy) is 2. The second kappa shape index (κ2) is 5.68. The monoisotopic (exact) mass is 315 g/mol. The quantitative estimate of drug-likeness (QED) is 0.818. The molecule has 0 spiro atoms. The molecule has 118 valence electrons. The molecule has 0 amide bonds. The van der Waals surface area contributed by atoms with Gasteiger partial charge in [-0.15, -0.1) is 0 Å². The van der Waals surface area contributed by atoms with Crippen molar-refractivity contribution >= 4 is 10.0 Å². The Morgan fingerprint density at radius 3 is 2.62 bits per heavy atom. The highest BCUT2D eigenvalue weighted by molar-refractivity contribution is 7.89. The maximum atomic E-state index is 12.9. The first-order valence-corrected chi connectivity index (χ1v) is 8.69. The van der Waals surface area contributed by atoms with Crippen LogP contribution in [0.3, 0.4) is 0 Å². The minimum absolute atomic E-state index is 0.104. The lowest BCUT2D eigenvalue weighted by Crippen LogP contribution is -2.50. The van der Waals surface area contributed by atoms with E-state index in [1.54, 1.807) is 24.7 Å². The maximum absolute atomic E-state index is 12.9. The molecule has 3 heterocycles. The molecule has 0 aliphatic carbocycles. The normalized spacial score (nSPS) is 25.5. The summed E-state index contributed by atoms with van der Waals surface area (Å²) in [5.74, 6) is 0.676. The molecule has 2 saturated heterocycles. The second-order valence-corrected chi connectivity index (χ2v) is 7.36. The van der Waals surface area contributed by atoms with Gasteiger partial charge in [-0.05, 0) is 19.8 Å². The van der Waals surface area contributed by atoms with Gasteiger partial charge in [0, 0.05) is 19.8 Å². The third-order valence-electron chi connectivity index (χ3n) is 4.12. The van der Waals surface area contributed by atoms with Crippen molar-refractivity contribution in [3.05, 3.63) is 12.0 Å². The average molecular weight is 315 g/mol. The van der Waals surface area contributed by atoms with Crippen LogP contribution in [0.4, 0.5) is 0 Å². The lowest BCUT2D eigenvalue weighted by molar-refractivity contribution is -0.0913. The fourth-order valence-electron chi connectivity index (χ4n) is 2.87. The summed E-state index contributed by atoms with van der Waals surface area (Å²) in [6.45, 7) is 3.33. The number of rotatable bonds is 3. The van der Waals surface area contributed by atoms with Crippen LogP contribution in [-0.2, 0) is 26.5 Å². The minimum Gasteiger partial charge on any atom is -0.349 e. The number of hydrogen-bond acceptors (Lipinski definition) is 5. The topological polar surface area (TPSA) is 73.7 Å². The second-order valence-electron chi connectivity index (χ2n) is 5.53. The highest BCUT2D eigenvalue weighted by Crippen LogP contribution is 2.29. The van der Waals surface area contributed by atoms with Crippen LogP contribution in [0.1, 0.15) is 25.1 Å². The standard InChI is InChI=1S/C13H21N3O4S/c1-10-14-12(9-15(10)2)21(17,18)16-6-4-3-5-11(16)13-19-7-8-20-13/h9,11,13H,3-8H2,1-2H3. The molecule has 0 saturated carbocycles. The molecule has 1 atom stereocenters. The summed E-state index contributed by atoms with van der Waals surface area (Å²) < 4.78 is 40.0. The van der Waals surface area contributed by atoms with Crippen molar-refractivity contribution in [3.63, 3.8) is 0 Å². The predicted octanol–water partition coefficient (Wildman–Crippen LogP) is 0.645. The van der Waals surface area contributed by atoms with Crippen LogP contribution < -0.4 is 0 Å². The number of sulfonamides is 1. The van der Waals surface area contributed by atoms with Gasteiger partial charge in [0.05, 0.1) is 19.3 Å². The number of aromatic nitrogens is 2. The number of aryl methyl sites for hydroxylation is 2. The Labute approximate surface area is 124 Å². The molecule has 3 rings (SSSR count). The number of piperidine rings is 1. The molecule has 0 N–H and O–H groups in total. The fraction of sp³-hybridized carbons (Fsp3) is 0.769. The fourth-order valence-corrected chi connectivity index (χ4v) is 4.58. The molecule has 7 nitrogen and oxygen atoms in total. The van der Waals surface area contributed by atoms with Crippen molar-refractivity contribution in [1.29, 1.82) is 0 Å². The Balaban J connectivity index is 1.91. The lowest BCUT2D eigenvalue weighted by Gasteiger charge is -2.36. The van der Waals surface area contributed by atoms with Crippen LogP contribution in [0.25, 0.3) is 0 Å².